The molecule has 9 heteroatoms. The van der Waals surface area contributed by atoms with Crippen LogP contribution < -0.4 is 9.80 Å². The minimum atomic E-state index is -0.605. The molecular weight excluding hydrogens is 466 g/mol. The third kappa shape index (κ3) is 3.43. The van der Waals surface area contributed by atoms with Gasteiger partial charge in [0.15, 0.2) is 0 Å². The van der Waals surface area contributed by atoms with Crippen molar-refractivity contribution in [3.8, 4) is 6.07 Å². The van der Waals surface area contributed by atoms with Crippen molar-refractivity contribution in [1.29, 1.82) is 5.26 Å². The maximum Gasteiger partial charge on any atom is 0.259 e. The molecule has 6 rings (SSSR count). The highest BCUT2D eigenvalue weighted by atomic mass is 16.2. The number of hydrogen-bond donors (Lipinski definition) is 1. The van der Waals surface area contributed by atoms with Crippen LogP contribution in [0.5, 0.6) is 0 Å². The molecule has 0 atom stereocenters. The van der Waals surface area contributed by atoms with Crippen LogP contribution in [0.3, 0.4) is 0 Å². The number of likely N-dealkylation sites (tertiary alicyclic amines) is 1. The Morgan fingerprint density at radius 2 is 1.84 bits per heavy atom. The number of anilines is 2. The number of H-pyrrole nitrogens is 1. The maximum absolute atomic E-state index is 13.4. The Morgan fingerprint density at radius 3 is 2.54 bits per heavy atom. The van der Waals surface area contributed by atoms with Crippen molar-refractivity contribution in [2.45, 2.75) is 39.2 Å². The molecule has 5 heterocycles. The summed E-state index contributed by atoms with van der Waals surface area (Å²) >= 11 is 0. The van der Waals surface area contributed by atoms with Gasteiger partial charge in [0.25, 0.3) is 11.8 Å². The molecule has 2 aromatic heterocycles. The first-order valence-electron chi connectivity index (χ1n) is 12.6. The van der Waals surface area contributed by atoms with Gasteiger partial charge in [-0.15, -0.1) is 0 Å². The number of aromatic amines is 1. The number of carbonyl (C=O) groups excluding carboxylic acids is 2. The van der Waals surface area contributed by atoms with Crippen molar-refractivity contribution < 1.29 is 9.59 Å². The molecule has 0 saturated carbocycles. The number of nitrogens with zero attached hydrogens (tertiary/aromatic N) is 6. The molecule has 1 spiro atoms. The lowest BCUT2D eigenvalue weighted by molar-refractivity contribution is -0.0106. The summed E-state index contributed by atoms with van der Waals surface area (Å²) < 4.78 is 0. The van der Waals surface area contributed by atoms with Gasteiger partial charge in [0.2, 0.25) is 0 Å². The van der Waals surface area contributed by atoms with E-state index in [0.29, 0.717) is 16.7 Å². The van der Waals surface area contributed by atoms with Crippen molar-refractivity contribution >= 4 is 23.2 Å². The molecule has 2 saturated heterocycles. The van der Waals surface area contributed by atoms with Gasteiger partial charge in [-0.25, -0.2) is 0 Å². The number of benzene rings is 1. The summed E-state index contributed by atoms with van der Waals surface area (Å²) in [5, 5.41) is 16.4. The van der Waals surface area contributed by atoms with E-state index >= 15 is 0 Å². The number of aromatic nitrogens is 3. The van der Waals surface area contributed by atoms with E-state index in [4.69, 9.17) is 0 Å². The minimum Gasteiger partial charge on any atom is -0.369 e. The van der Waals surface area contributed by atoms with Crippen LogP contribution in [-0.2, 0) is 5.54 Å². The third-order valence-electron chi connectivity index (χ3n) is 7.97. The smallest absolute Gasteiger partial charge is 0.259 e. The molecule has 37 heavy (non-hydrogen) atoms. The standard InChI is InChI=1S/C28H29N7O2/c1-17(2)24-22(12-31-32-24)25(36)34-15-28(16-34)13-33(14-28)19-8-20(11-30-10-19)35-26(37)21-6-5-18(9-29)7-23(21)27(35,3)4/h5-8,10-12,17H,13-16H2,1-4H3,(H,31,32). The highest BCUT2D eigenvalue weighted by molar-refractivity contribution is 6.12. The monoisotopic (exact) mass is 495 g/mol. The lowest BCUT2D eigenvalue weighted by atomic mass is 9.72. The van der Waals surface area contributed by atoms with E-state index in [9.17, 15) is 14.9 Å². The number of amides is 2. The lowest BCUT2D eigenvalue weighted by Gasteiger charge is -2.60. The lowest BCUT2D eigenvalue weighted by Crippen LogP contribution is -2.73. The molecule has 9 nitrogen and oxygen atoms in total. The molecule has 2 fully saturated rings. The van der Waals surface area contributed by atoms with Crippen molar-refractivity contribution in [3.63, 3.8) is 0 Å². The van der Waals surface area contributed by atoms with Crippen molar-refractivity contribution in [2.24, 2.45) is 5.41 Å². The largest absolute Gasteiger partial charge is 0.369 e. The van der Waals surface area contributed by atoms with Gasteiger partial charge in [0.05, 0.1) is 52.2 Å². The fourth-order valence-corrected chi connectivity index (χ4v) is 6.09. The van der Waals surface area contributed by atoms with Crippen LogP contribution in [0.1, 0.15) is 71.1 Å². The highest BCUT2D eigenvalue weighted by Crippen LogP contribution is 2.45. The van der Waals surface area contributed by atoms with E-state index in [1.807, 2.05) is 44.9 Å². The van der Waals surface area contributed by atoms with Gasteiger partial charge in [-0.3, -0.25) is 24.6 Å². The van der Waals surface area contributed by atoms with Crippen molar-refractivity contribution in [3.05, 3.63) is 70.8 Å². The van der Waals surface area contributed by atoms with Crippen LogP contribution in [0.4, 0.5) is 11.4 Å². The average Bonchev–Trinajstić information content (AvgIpc) is 3.39. The molecular formula is C28H29N7O2. The van der Waals surface area contributed by atoms with Crippen LogP contribution in [0.25, 0.3) is 0 Å². The second-order valence-electron chi connectivity index (χ2n) is 11.3. The second kappa shape index (κ2) is 7.90. The van der Waals surface area contributed by atoms with Crippen molar-refractivity contribution in [2.75, 3.05) is 36.0 Å². The van der Waals surface area contributed by atoms with E-state index in [1.54, 1.807) is 35.5 Å². The number of fused-ring (bicyclic) bond motifs is 1. The van der Waals surface area contributed by atoms with Crippen LogP contribution >= 0.6 is 0 Å². The Bertz CT molecular complexity index is 1470. The van der Waals surface area contributed by atoms with Gasteiger partial charge in [-0.1, -0.05) is 13.8 Å². The van der Waals surface area contributed by atoms with Gasteiger partial charge in [0, 0.05) is 43.4 Å². The van der Waals surface area contributed by atoms with Gasteiger partial charge < -0.3 is 9.80 Å². The van der Waals surface area contributed by atoms with Gasteiger partial charge in [0.1, 0.15) is 0 Å². The molecule has 2 amide bonds. The second-order valence-corrected chi connectivity index (χ2v) is 11.3. The quantitative estimate of drug-likeness (QED) is 0.592. The first-order valence-corrected chi connectivity index (χ1v) is 12.6. The number of hydrogen-bond acceptors (Lipinski definition) is 6. The SMILES string of the molecule is CC(C)c1n[nH]cc1C(=O)N1CC2(C1)CN(c1cncc(N3C(=O)c4ccc(C#N)cc4C3(C)C)c1)C2. The third-order valence-corrected chi connectivity index (χ3v) is 7.97. The summed E-state index contributed by atoms with van der Waals surface area (Å²) in [6, 6.07) is 9.42. The predicted molar refractivity (Wildman–Crippen MR) is 138 cm³/mol. The van der Waals surface area contributed by atoms with Gasteiger partial charge in [-0.2, -0.15) is 10.4 Å². The Balaban J connectivity index is 1.15. The minimum absolute atomic E-state index is 0.0408. The molecule has 0 radical (unpaired) electrons. The Kier molecular flexibility index (Phi) is 4.96. The predicted octanol–water partition coefficient (Wildman–Crippen LogP) is 3.66. The van der Waals surface area contributed by atoms with Gasteiger partial charge in [-0.05, 0) is 49.6 Å². The van der Waals surface area contributed by atoms with E-state index < -0.39 is 5.54 Å². The first kappa shape index (κ1) is 23.2. The summed E-state index contributed by atoms with van der Waals surface area (Å²) in [7, 11) is 0. The molecule has 1 N–H and O–H groups in total. The summed E-state index contributed by atoms with van der Waals surface area (Å²) in [5.41, 5.74) is 4.68. The van der Waals surface area contributed by atoms with Crippen LogP contribution in [0.15, 0.2) is 42.9 Å². The molecule has 0 aliphatic carbocycles. The molecule has 3 aliphatic rings. The number of pyridine rings is 1. The average molecular weight is 496 g/mol. The van der Waals surface area contributed by atoms with Crippen LogP contribution in [0, 0.1) is 16.7 Å². The van der Waals surface area contributed by atoms with E-state index in [-0.39, 0.29) is 23.1 Å². The first-order chi connectivity index (χ1) is 17.6. The zero-order valence-electron chi connectivity index (χ0n) is 21.4. The molecule has 188 valence electrons. The molecule has 1 aromatic carbocycles. The fourth-order valence-electron chi connectivity index (χ4n) is 6.09. The summed E-state index contributed by atoms with van der Waals surface area (Å²) in [6.45, 7) is 11.2. The topological polar surface area (TPSA) is 109 Å². The van der Waals surface area contributed by atoms with Crippen molar-refractivity contribution in [1.82, 2.24) is 20.1 Å². The Labute approximate surface area is 215 Å². The fraction of sp³-hybridized carbons (Fsp3) is 0.393. The number of nitrogens with one attached hydrogen (secondary N) is 1. The summed E-state index contributed by atoms with van der Waals surface area (Å²) in [6.07, 6.45) is 5.25. The Hall–Kier alpha value is -4.19. The van der Waals surface area contributed by atoms with Gasteiger partial charge >= 0.3 is 0 Å². The van der Waals surface area contributed by atoms with E-state index in [1.165, 1.54) is 0 Å². The van der Waals surface area contributed by atoms with Crippen LogP contribution in [-0.4, -0.2) is 58.1 Å². The molecule has 0 unspecified atom stereocenters. The highest BCUT2D eigenvalue weighted by Gasteiger charge is 2.54. The zero-order valence-corrected chi connectivity index (χ0v) is 21.4. The molecule has 0 bridgehead atoms. The maximum atomic E-state index is 13.4. The number of rotatable bonds is 4. The number of nitriles is 1. The summed E-state index contributed by atoms with van der Waals surface area (Å²) in [5.74, 6) is 0.142. The summed E-state index contributed by atoms with van der Waals surface area (Å²) in [4.78, 5) is 36.7. The normalized spacial score (nSPS) is 19.0. The molecule has 3 aromatic rings. The van der Waals surface area contributed by atoms with E-state index in [2.05, 4.69) is 26.2 Å². The zero-order chi connectivity index (χ0) is 26.1. The van der Waals surface area contributed by atoms with Crippen LogP contribution in [0.2, 0.25) is 0 Å². The number of carbonyl (C=O) groups is 2. The van der Waals surface area contributed by atoms with E-state index in [0.717, 1.165) is 48.8 Å². The Morgan fingerprint density at radius 1 is 1.11 bits per heavy atom. The molecule has 3 aliphatic heterocycles.